The van der Waals surface area contributed by atoms with Crippen LogP contribution in [-0.4, -0.2) is 0 Å². The van der Waals surface area contributed by atoms with Gasteiger partial charge in [0, 0.05) is 5.39 Å². The highest BCUT2D eigenvalue weighted by atomic mass is 16.3. The normalized spacial score (nSPS) is 12.6. The molecule has 0 bridgehead atoms. The molecule has 0 spiro atoms. The van der Waals surface area contributed by atoms with Crippen molar-refractivity contribution in [1.29, 1.82) is 5.26 Å². The Kier molecular flexibility index (Phi) is 1.79. The summed E-state index contributed by atoms with van der Waals surface area (Å²) >= 11 is 0. The second-order valence-electron chi connectivity index (χ2n) is 3.04. The first-order valence-corrected chi connectivity index (χ1v) is 4.19. The van der Waals surface area contributed by atoms with Crippen LogP contribution in [0.3, 0.4) is 0 Å². The van der Waals surface area contributed by atoms with Crippen molar-refractivity contribution in [2.24, 2.45) is 0 Å². The second-order valence-corrected chi connectivity index (χ2v) is 3.04. The zero-order chi connectivity index (χ0) is 9.26. The van der Waals surface area contributed by atoms with Gasteiger partial charge in [-0.1, -0.05) is 18.2 Å². The van der Waals surface area contributed by atoms with Gasteiger partial charge in [-0.3, -0.25) is 0 Å². The molecule has 64 valence electrons. The minimum Gasteiger partial charge on any atom is -0.460 e. The first-order chi connectivity index (χ1) is 6.31. The van der Waals surface area contributed by atoms with Crippen molar-refractivity contribution in [3.8, 4) is 6.07 Å². The van der Waals surface area contributed by atoms with E-state index >= 15 is 0 Å². The predicted octanol–water partition coefficient (Wildman–Crippen LogP) is 3.06. The molecule has 13 heavy (non-hydrogen) atoms. The monoisotopic (exact) mass is 171 g/mol. The lowest BCUT2D eigenvalue weighted by atomic mass is 10.1. The Hall–Kier alpha value is -1.75. The zero-order valence-electron chi connectivity index (χ0n) is 7.32. The summed E-state index contributed by atoms with van der Waals surface area (Å²) in [5.74, 6) is 0.566. The number of hydrogen-bond acceptors (Lipinski definition) is 2. The van der Waals surface area contributed by atoms with E-state index in [1.54, 1.807) is 0 Å². The van der Waals surface area contributed by atoms with Crippen molar-refractivity contribution in [3.63, 3.8) is 0 Å². The van der Waals surface area contributed by atoms with Crippen molar-refractivity contribution in [2.75, 3.05) is 0 Å². The SMILES string of the molecule is CC(C#N)c1cc2ccccc2o1. The third-order valence-corrected chi connectivity index (χ3v) is 2.07. The van der Waals surface area contributed by atoms with Crippen molar-refractivity contribution >= 4 is 11.0 Å². The van der Waals surface area contributed by atoms with E-state index in [0.29, 0.717) is 0 Å². The molecule has 1 heterocycles. The molecule has 0 radical (unpaired) electrons. The van der Waals surface area contributed by atoms with Crippen LogP contribution < -0.4 is 0 Å². The number of hydrogen-bond donors (Lipinski definition) is 0. The molecule has 1 aromatic heterocycles. The highest BCUT2D eigenvalue weighted by Crippen LogP contribution is 2.23. The van der Waals surface area contributed by atoms with Crippen molar-refractivity contribution < 1.29 is 4.42 Å². The number of benzene rings is 1. The molecule has 2 heteroatoms. The van der Waals surface area contributed by atoms with E-state index in [2.05, 4.69) is 6.07 Å². The van der Waals surface area contributed by atoms with Gasteiger partial charge in [-0.2, -0.15) is 5.26 Å². The number of rotatable bonds is 1. The van der Waals surface area contributed by atoms with Gasteiger partial charge in [0.1, 0.15) is 17.3 Å². The highest BCUT2D eigenvalue weighted by molar-refractivity contribution is 5.77. The summed E-state index contributed by atoms with van der Waals surface area (Å²) in [7, 11) is 0. The lowest BCUT2D eigenvalue weighted by molar-refractivity contribution is 0.540. The van der Waals surface area contributed by atoms with Gasteiger partial charge in [0.25, 0.3) is 0 Å². The highest BCUT2D eigenvalue weighted by Gasteiger charge is 2.09. The molecule has 0 aliphatic carbocycles. The summed E-state index contributed by atoms with van der Waals surface area (Å²) in [5.41, 5.74) is 0.847. The van der Waals surface area contributed by atoms with Crippen LogP contribution in [0, 0.1) is 11.3 Å². The Labute approximate surface area is 76.4 Å². The molecule has 0 saturated carbocycles. The fourth-order valence-corrected chi connectivity index (χ4v) is 1.28. The van der Waals surface area contributed by atoms with Crippen LogP contribution in [0.5, 0.6) is 0 Å². The van der Waals surface area contributed by atoms with E-state index in [9.17, 15) is 0 Å². The van der Waals surface area contributed by atoms with E-state index in [0.717, 1.165) is 16.7 Å². The summed E-state index contributed by atoms with van der Waals surface area (Å²) in [5, 5.41) is 9.76. The molecule has 1 atom stereocenters. The average Bonchev–Trinajstić information content (AvgIpc) is 2.59. The summed E-state index contributed by atoms with van der Waals surface area (Å²) in [6, 6.07) is 11.8. The second kappa shape index (κ2) is 2.95. The Bertz CT molecular complexity index is 431. The Morgan fingerprint density at radius 3 is 2.85 bits per heavy atom. The Morgan fingerprint density at radius 2 is 2.15 bits per heavy atom. The van der Waals surface area contributed by atoms with Gasteiger partial charge in [-0.25, -0.2) is 0 Å². The topological polar surface area (TPSA) is 36.9 Å². The smallest absolute Gasteiger partial charge is 0.134 e. The van der Waals surface area contributed by atoms with E-state index in [-0.39, 0.29) is 5.92 Å². The summed E-state index contributed by atoms with van der Waals surface area (Å²) in [4.78, 5) is 0. The predicted molar refractivity (Wildman–Crippen MR) is 50.2 cm³/mol. The number of nitriles is 1. The van der Waals surface area contributed by atoms with Gasteiger partial charge < -0.3 is 4.42 Å². The van der Waals surface area contributed by atoms with Gasteiger partial charge in [-0.15, -0.1) is 0 Å². The van der Waals surface area contributed by atoms with Crippen LogP contribution in [0.2, 0.25) is 0 Å². The molecule has 0 fully saturated rings. The minimum absolute atomic E-state index is 0.174. The van der Waals surface area contributed by atoms with Crippen LogP contribution >= 0.6 is 0 Å². The first kappa shape index (κ1) is 7.88. The van der Waals surface area contributed by atoms with Crippen LogP contribution in [0.4, 0.5) is 0 Å². The average molecular weight is 171 g/mol. The maximum Gasteiger partial charge on any atom is 0.134 e. The van der Waals surface area contributed by atoms with Crippen LogP contribution in [0.1, 0.15) is 18.6 Å². The van der Waals surface area contributed by atoms with Gasteiger partial charge in [-0.05, 0) is 19.1 Å². The van der Waals surface area contributed by atoms with E-state index < -0.39 is 0 Å². The lowest BCUT2D eigenvalue weighted by Gasteiger charge is -1.92. The van der Waals surface area contributed by atoms with Crippen molar-refractivity contribution in [3.05, 3.63) is 36.1 Å². The molecule has 0 N–H and O–H groups in total. The third kappa shape index (κ3) is 1.29. The number of para-hydroxylation sites is 1. The fraction of sp³-hybridized carbons (Fsp3) is 0.182. The van der Waals surface area contributed by atoms with Crippen LogP contribution in [0.25, 0.3) is 11.0 Å². The molecule has 2 rings (SSSR count). The van der Waals surface area contributed by atoms with Crippen LogP contribution in [0.15, 0.2) is 34.7 Å². The molecule has 0 amide bonds. The molecular weight excluding hydrogens is 162 g/mol. The molecule has 0 saturated heterocycles. The van der Waals surface area contributed by atoms with E-state index in [1.807, 2.05) is 37.3 Å². The molecule has 0 aliphatic rings. The number of nitrogens with zero attached hydrogens (tertiary/aromatic N) is 1. The third-order valence-electron chi connectivity index (χ3n) is 2.07. The number of furan rings is 1. The molecular formula is C11H9NO. The van der Waals surface area contributed by atoms with Crippen molar-refractivity contribution in [2.45, 2.75) is 12.8 Å². The van der Waals surface area contributed by atoms with Crippen molar-refractivity contribution in [1.82, 2.24) is 0 Å². The molecule has 2 nitrogen and oxygen atoms in total. The summed E-state index contributed by atoms with van der Waals surface area (Å²) < 4.78 is 5.50. The largest absolute Gasteiger partial charge is 0.460 e. The molecule has 1 aromatic carbocycles. The molecule has 1 unspecified atom stereocenters. The summed E-state index contributed by atoms with van der Waals surface area (Å²) in [6.45, 7) is 1.83. The van der Waals surface area contributed by atoms with E-state index in [4.69, 9.17) is 9.68 Å². The fourth-order valence-electron chi connectivity index (χ4n) is 1.28. The van der Waals surface area contributed by atoms with Gasteiger partial charge in [0.05, 0.1) is 6.07 Å². The quantitative estimate of drug-likeness (QED) is 0.661. The maximum atomic E-state index is 8.70. The minimum atomic E-state index is -0.174. The first-order valence-electron chi connectivity index (χ1n) is 4.19. The van der Waals surface area contributed by atoms with E-state index in [1.165, 1.54) is 0 Å². The Balaban J connectivity index is 2.57. The Morgan fingerprint density at radius 1 is 1.38 bits per heavy atom. The summed E-state index contributed by atoms with van der Waals surface area (Å²) in [6.07, 6.45) is 0. The zero-order valence-corrected chi connectivity index (χ0v) is 7.32. The van der Waals surface area contributed by atoms with Gasteiger partial charge in [0.15, 0.2) is 0 Å². The lowest BCUT2D eigenvalue weighted by Crippen LogP contribution is -1.83. The standard InChI is InChI=1S/C11H9NO/c1-8(7-12)11-6-9-4-2-3-5-10(9)13-11/h2-6,8H,1H3. The molecule has 0 aliphatic heterocycles. The van der Waals surface area contributed by atoms with Crippen LogP contribution in [-0.2, 0) is 0 Å². The van der Waals surface area contributed by atoms with Gasteiger partial charge in [0.2, 0.25) is 0 Å². The van der Waals surface area contributed by atoms with Gasteiger partial charge >= 0.3 is 0 Å². The molecule has 2 aromatic rings. The maximum absolute atomic E-state index is 8.70. The number of fused-ring (bicyclic) bond motifs is 1.